The minimum atomic E-state index is -0.783. The average molecular weight is 411 g/mol. The largest absolute Gasteiger partial charge is 0.465 e. The van der Waals surface area contributed by atoms with E-state index in [-0.39, 0.29) is 5.60 Å². The first-order chi connectivity index (χ1) is 13.8. The monoisotopic (exact) mass is 410 g/mol. The number of methoxy groups -OCH3 is 1. The molecule has 2 saturated heterocycles. The summed E-state index contributed by atoms with van der Waals surface area (Å²) in [5, 5.41) is 11.8. The van der Waals surface area contributed by atoms with Crippen molar-refractivity contribution in [1.29, 1.82) is 0 Å². The zero-order chi connectivity index (χ0) is 21.4. The first kappa shape index (κ1) is 24.2. The van der Waals surface area contributed by atoms with Crippen molar-refractivity contribution in [1.82, 2.24) is 10.2 Å². The number of hydrogen-bond donors (Lipinski definition) is 2. The number of allylic oxidation sites excluding steroid dienone is 1. The van der Waals surface area contributed by atoms with Crippen molar-refractivity contribution in [3.8, 4) is 0 Å². The van der Waals surface area contributed by atoms with Gasteiger partial charge in [-0.1, -0.05) is 31.4 Å². The molecule has 0 aromatic carbocycles. The molecule has 0 aromatic heterocycles. The highest BCUT2D eigenvalue weighted by atomic mass is 16.6. The number of amides is 1. The van der Waals surface area contributed by atoms with Gasteiger partial charge in [0, 0.05) is 26.1 Å². The lowest BCUT2D eigenvalue weighted by molar-refractivity contribution is -0.00777. The SMILES string of the molecule is CCNCCC1CN(C(=O)O)C1.COC1CCCCC1C1(C)OC1CC=C(C)C. The molecule has 1 aliphatic carbocycles. The van der Waals surface area contributed by atoms with E-state index in [9.17, 15) is 4.79 Å². The Morgan fingerprint density at radius 1 is 1.31 bits per heavy atom. The number of carboxylic acid groups (broad SMARTS) is 1. The Morgan fingerprint density at radius 2 is 2.00 bits per heavy atom. The van der Waals surface area contributed by atoms with Crippen LogP contribution < -0.4 is 5.32 Å². The molecule has 4 unspecified atom stereocenters. The van der Waals surface area contributed by atoms with Crippen LogP contribution in [-0.4, -0.2) is 67.2 Å². The third-order valence-corrected chi connectivity index (χ3v) is 6.67. The van der Waals surface area contributed by atoms with E-state index >= 15 is 0 Å². The Labute approximate surface area is 177 Å². The second-order valence-electron chi connectivity index (χ2n) is 9.17. The summed E-state index contributed by atoms with van der Waals surface area (Å²) >= 11 is 0. The minimum absolute atomic E-state index is 0.0764. The minimum Gasteiger partial charge on any atom is -0.465 e. The molecular weight excluding hydrogens is 368 g/mol. The number of epoxide rings is 1. The first-order valence-corrected chi connectivity index (χ1v) is 11.3. The lowest BCUT2D eigenvalue weighted by atomic mass is 9.76. The maximum atomic E-state index is 10.4. The fourth-order valence-electron chi connectivity index (χ4n) is 4.65. The summed E-state index contributed by atoms with van der Waals surface area (Å²) in [5.41, 5.74) is 1.46. The predicted octanol–water partition coefficient (Wildman–Crippen LogP) is 4.30. The fourth-order valence-corrected chi connectivity index (χ4v) is 4.65. The maximum Gasteiger partial charge on any atom is 0.407 e. The van der Waals surface area contributed by atoms with Crippen molar-refractivity contribution in [2.24, 2.45) is 11.8 Å². The zero-order valence-electron chi connectivity index (χ0n) is 19.1. The standard InChI is InChI=1S/C15H26O2.C8H16N2O2/c1-11(2)9-10-14-15(3,17-14)12-7-5-6-8-13(12)16-4;1-2-9-4-3-7-5-10(6-7)8(11)12/h9,12-14H,5-8,10H2,1-4H3;7,9H,2-6H2,1H3,(H,11,12). The van der Waals surface area contributed by atoms with Crippen LogP contribution >= 0.6 is 0 Å². The molecule has 29 heavy (non-hydrogen) atoms. The summed E-state index contributed by atoms with van der Waals surface area (Å²) in [4.78, 5) is 11.8. The van der Waals surface area contributed by atoms with E-state index in [2.05, 4.69) is 39.1 Å². The highest BCUT2D eigenvalue weighted by Gasteiger charge is 2.58. The quantitative estimate of drug-likeness (QED) is 0.354. The topological polar surface area (TPSA) is 74.3 Å². The van der Waals surface area contributed by atoms with Gasteiger partial charge in [0.25, 0.3) is 0 Å². The van der Waals surface area contributed by atoms with Gasteiger partial charge in [-0.2, -0.15) is 0 Å². The molecule has 2 N–H and O–H groups in total. The molecule has 3 aliphatic rings. The van der Waals surface area contributed by atoms with E-state index in [1.54, 1.807) is 0 Å². The number of ether oxygens (including phenoxy) is 2. The molecule has 2 heterocycles. The lowest BCUT2D eigenvalue weighted by Crippen LogP contribution is -2.50. The third-order valence-electron chi connectivity index (χ3n) is 6.67. The van der Waals surface area contributed by atoms with Crippen LogP contribution in [0, 0.1) is 11.8 Å². The molecule has 1 amide bonds. The van der Waals surface area contributed by atoms with E-state index in [1.807, 2.05) is 7.11 Å². The van der Waals surface area contributed by atoms with Gasteiger partial charge < -0.3 is 24.8 Å². The Balaban J connectivity index is 0.000000221. The molecule has 2 aliphatic heterocycles. The average Bonchev–Trinajstić information content (AvgIpc) is 3.33. The van der Waals surface area contributed by atoms with Crippen molar-refractivity contribution in [3.63, 3.8) is 0 Å². The molecule has 168 valence electrons. The molecule has 0 spiro atoms. The van der Waals surface area contributed by atoms with Crippen LogP contribution in [0.5, 0.6) is 0 Å². The van der Waals surface area contributed by atoms with Gasteiger partial charge in [-0.15, -0.1) is 0 Å². The molecule has 1 saturated carbocycles. The summed E-state index contributed by atoms with van der Waals surface area (Å²) in [5.74, 6) is 1.18. The second kappa shape index (κ2) is 11.3. The van der Waals surface area contributed by atoms with E-state index in [4.69, 9.17) is 14.6 Å². The van der Waals surface area contributed by atoms with Crippen molar-refractivity contribution < 1.29 is 19.4 Å². The van der Waals surface area contributed by atoms with Gasteiger partial charge in [-0.05, 0) is 65.5 Å². The van der Waals surface area contributed by atoms with E-state index in [0.29, 0.717) is 24.0 Å². The molecule has 0 radical (unpaired) electrons. The third kappa shape index (κ3) is 6.97. The van der Waals surface area contributed by atoms with E-state index in [1.165, 1.54) is 36.2 Å². The van der Waals surface area contributed by atoms with E-state index < -0.39 is 6.09 Å². The molecule has 6 nitrogen and oxygen atoms in total. The number of carbonyl (C=O) groups is 1. The van der Waals surface area contributed by atoms with Crippen molar-refractivity contribution in [2.75, 3.05) is 33.3 Å². The van der Waals surface area contributed by atoms with Crippen molar-refractivity contribution >= 4 is 6.09 Å². The smallest absolute Gasteiger partial charge is 0.407 e. The number of likely N-dealkylation sites (tertiary alicyclic amines) is 1. The molecule has 3 rings (SSSR count). The van der Waals surface area contributed by atoms with Gasteiger partial charge in [0.05, 0.1) is 17.8 Å². The molecule has 0 bridgehead atoms. The molecule has 3 fully saturated rings. The molecule has 0 aromatic rings. The predicted molar refractivity (Wildman–Crippen MR) is 116 cm³/mol. The number of nitrogens with zero attached hydrogens (tertiary/aromatic N) is 1. The number of hydrogen-bond acceptors (Lipinski definition) is 4. The van der Waals surface area contributed by atoms with Crippen LogP contribution in [-0.2, 0) is 9.47 Å². The Morgan fingerprint density at radius 3 is 2.59 bits per heavy atom. The van der Waals surface area contributed by atoms with Crippen LogP contribution in [0.1, 0.15) is 66.2 Å². The highest BCUT2D eigenvalue weighted by molar-refractivity contribution is 5.65. The van der Waals surface area contributed by atoms with Crippen LogP contribution in [0.4, 0.5) is 4.79 Å². The van der Waals surface area contributed by atoms with Gasteiger partial charge in [0.1, 0.15) is 0 Å². The second-order valence-corrected chi connectivity index (χ2v) is 9.17. The van der Waals surface area contributed by atoms with Gasteiger partial charge in [0.15, 0.2) is 0 Å². The van der Waals surface area contributed by atoms with Crippen molar-refractivity contribution in [2.45, 2.75) is 84.0 Å². The summed E-state index contributed by atoms with van der Waals surface area (Å²) < 4.78 is 11.7. The lowest BCUT2D eigenvalue weighted by Gasteiger charge is -2.37. The molecule has 6 heteroatoms. The van der Waals surface area contributed by atoms with Gasteiger partial charge in [-0.25, -0.2) is 4.79 Å². The highest BCUT2D eigenvalue weighted by Crippen LogP contribution is 2.50. The Hall–Kier alpha value is -1.11. The van der Waals surface area contributed by atoms with Crippen LogP contribution in [0.2, 0.25) is 0 Å². The van der Waals surface area contributed by atoms with E-state index in [0.717, 1.165) is 39.0 Å². The van der Waals surface area contributed by atoms with Crippen molar-refractivity contribution in [3.05, 3.63) is 11.6 Å². The summed E-state index contributed by atoms with van der Waals surface area (Å²) in [6.45, 7) is 12.1. The maximum absolute atomic E-state index is 10.4. The Kier molecular flexibility index (Phi) is 9.44. The van der Waals surface area contributed by atoms with Gasteiger partial charge in [-0.3, -0.25) is 0 Å². The van der Waals surface area contributed by atoms with Crippen LogP contribution in [0.25, 0.3) is 0 Å². The van der Waals surface area contributed by atoms with Gasteiger partial charge in [0.2, 0.25) is 0 Å². The number of nitrogens with one attached hydrogen (secondary N) is 1. The Bertz CT molecular complexity index is 543. The van der Waals surface area contributed by atoms with Crippen LogP contribution in [0.3, 0.4) is 0 Å². The molecular formula is C23H42N2O4. The number of rotatable bonds is 8. The summed E-state index contributed by atoms with van der Waals surface area (Å²) in [7, 11) is 1.85. The normalized spacial score (nSPS) is 31.3. The fraction of sp³-hybridized carbons (Fsp3) is 0.870. The summed E-state index contributed by atoms with van der Waals surface area (Å²) in [6.07, 6.45) is 9.60. The van der Waals surface area contributed by atoms with Crippen LogP contribution in [0.15, 0.2) is 11.6 Å². The molecule has 4 atom stereocenters. The van der Waals surface area contributed by atoms with Gasteiger partial charge >= 0.3 is 6.09 Å². The zero-order valence-corrected chi connectivity index (χ0v) is 19.1. The first-order valence-electron chi connectivity index (χ1n) is 11.3. The summed E-state index contributed by atoms with van der Waals surface area (Å²) in [6, 6.07) is 0.